The lowest BCUT2D eigenvalue weighted by Gasteiger charge is -2.10. The van der Waals surface area contributed by atoms with Crippen molar-refractivity contribution in [3.05, 3.63) is 64.8 Å². The lowest BCUT2D eigenvalue weighted by molar-refractivity contribution is 0.0978. The summed E-state index contributed by atoms with van der Waals surface area (Å²) in [7, 11) is 0. The molecule has 2 N–H and O–H groups in total. The van der Waals surface area contributed by atoms with Gasteiger partial charge in [-0.15, -0.1) is 11.3 Å². The minimum Gasteiger partial charge on any atom is -0.324 e. The second-order valence-corrected chi connectivity index (χ2v) is 6.12. The standard InChI is InChI=1S/C17H16N2OS/c1-11-13-4-2-3-5-16(13)21-17(11)15(20)10-14(18)12-6-8-19-9-7-12/h2-9,14H,10,18H2,1H3. The van der Waals surface area contributed by atoms with Crippen LogP contribution in [0.15, 0.2) is 48.8 Å². The van der Waals surface area contributed by atoms with Gasteiger partial charge in [-0.1, -0.05) is 18.2 Å². The van der Waals surface area contributed by atoms with E-state index in [-0.39, 0.29) is 11.8 Å². The molecule has 0 aliphatic carbocycles. The van der Waals surface area contributed by atoms with Crippen molar-refractivity contribution < 1.29 is 4.79 Å². The van der Waals surface area contributed by atoms with Crippen LogP contribution in [0.3, 0.4) is 0 Å². The monoisotopic (exact) mass is 296 g/mol. The van der Waals surface area contributed by atoms with Gasteiger partial charge in [0, 0.05) is 29.6 Å². The number of hydrogen-bond donors (Lipinski definition) is 1. The lowest BCUT2D eigenvalue weighted by atomic mass is 10.0. The van der Waals surface area contributed by atoms with Crippen LogP contribution in [0, 0.1) is 6.92 Å². The third-order valence-electron chi connectivity index (χ3n) is 3.64. The van der Waals surface area contributed by atoms with Gasteiger partial charge in [-0.25, -0.2) is 0 Å². The molecule has 0 saturated heterocycles. The van der Waals surface area contributed by atoms with Gasteiger partial charge in [-0.2, -0.15) is 0 Å². The quantitative estimate of drug-likeness (QED) is 0.743. The second-order valence-electron chi connectivity index (χ2n) is 5.07. The van der Waals surface area contributed by atoms with Gasteiger partial charge in [0.15, 0.2) is 5.78 Å². The van der Waals surface area contributed by atoms with Crippen LogP contribution >= 0.6 is 11.3 Å². The topological polar surface area (TPSA) is 56.0 Å². The van der Waals surface area contributed by atoms with Crippen LogP contribution < -0.4 is 5.73 Å². The van der Waals surface area contributed by atoms with E-state index in [0.717, 1.165) is 26.1 Å². The number of aromatic nitrogens is 1. The summed E-state index contributed by atoms with van der Waals surface area (Å²) < 4.78 is 1.15. The van der Waals surface area contributed by atoms with E-state index in [1.165, 1.54) is 0 Å². The van der Waals surface area contributed by atoms with Crippen LogP contribution in [0.1, 0.15) is 33.3 Å². The summed E-state index contributed by atoms with van der Waals surface area (Å²) in [5.41, 5.74) is 8.13. The molecule has 21 heavy (non-hydrogen) atoms. The fraction of sp³-hybridized carbons (Fsp3) is 0.176. The first-order valence-corrected chi connectivity index (χ1v) is 7.65. The van der Waals surface area contributed by atoms with Gasteiger partial charge in [0.1, 0.15) is 0 Å². The van der Waals surface area contributed by atoms with Crippen LogP contribution in [0.25, 0.3) is 10.1 Å². The van der Waals surface area contributed by atoms with Gasteiger partial charge >= 0.3 is 0 Å². The molecule has 1 unspecified atom stereocenters. The number of fused-ring (bicyclic) bond motifs is 1. The number of benzene rings is 1. The number of rotatable bonds is 4. The SMILES string of the molecule is Cc1c(C(=O)CC(N)c2ccncc2)sc2ccccc12. The fourth-order valence-electron chi connectivity index (χ4n) is 2.46. The average molecular weight is 296 g/mol. The Balaban J connectivity index is 1.86. The van der Waals surface area contributed by atoms with Crippen molar-refractivity contribution in [1.82, 2.24) is 4.98 Å². The van der Waals surface area contributed by atoms with E-state index < -0.39 is 0 Å². The summed E-state index contributed by atoms with van der Waals surface area (Å²) in [6.45, 7) is 2.00. The first kappa shape index (κ1) is 13.9. The second kappa shape index (κ2) is 5.76. The summed E-state index contributed by atoms with van der Waals surface area (Å²) in [6.07, 6.45) is 3.71. The first-order valence-electron chi connectivity index (χ1n) is 6.83. The number of pyridine rings is 1. The van der Waals surface area contributed by atoms with Gasteiger partial charge in [0.2, 0.25) is 0 Å². The van der Waals surface area contributed by atoms with E-state index >= 15 is 0 Å². The summed E-state index contributed by atoms with van der Waals surface area (Å²) in [5, 5.41) is 1.16. The maximum Gasteiger partial charge on any atom is 0.174 e. The lowest BCUT2D eigenvalue weighted by Crippen LogP contribution is -2.15. The molecule has 2 aromatic heterocycles. The number of aryl methyl sites for hydroxylation is 1. The highest BCUT2D eigenvalue weighted by molar-refractivity contribution is 7.21. The number of thiophene rings is 1. The highest BCUT2D eigenvalue weighted by Crippen LogP contribution is 2.32. The van der Waals surface area contributed by atoms with E-state index in [1.807, 2.05) is 37.3 Å². The van der Waals surface area contributed by atoms with Crippen molar-refractivity contribution in [3.63, 3.8) is 0 Å². The van der Waals surface area contributed by atoms with Crippen LogP contribution in [-0.2, 0) is 0 Å². The molecule has 0 bridgehead atoms. The van der Waals surface area contributed by atoms with Gasteiger partial charge < -0.3 is 5.73 Å². The Hall–Kier alpha value is -2.04. The summed E-state index contributed by atoms with van der Waals surface area (Å²) in [4.78, 5) is 17.3. The van der Waals surface area contributed by atoms with Crippen molar-refractivity contribution in [2.45, 2.75) is 19.4 Å². The molecule has 0 aliphatic heterocycles. The molecule has 2 heterocycles. The molecule has 3 nitrogen and oxygen atoms in total. The third-order valence-corrected chi connectivity index (χ3v) is 4.95. The highest BCUT2D eigenvalue weighted by atomic mass is 32.1. The van der Waals surface area contributed by atoms with Gasteiger partial charge in [0.25, 0.3) is 0 Å². The maximum atomic E-state index is 12.5. The number of carbonyl (C=O) groups is 1. The third kappa shape index (κ3) is 2.73. The van der Waals surface area contributed by atoms with Crippen molar-refractivity contribution in [3.8, 4) is 0 Å². The molecule has 3 aromatic rings. The molecule has 0 spiro atoms. The first-order chi connectivity index (χ1) is 10.2. The molecule has 0 amide bonds. The van der Waals surface area contributed by atoms with Crippen LogP contribution in [0.4, 0.5) is 0 Å². The van der Waals surface area contributed by atoms with Crippen molar-refractivity contribution >= 4 is 27.2 Å². The zero-order chi connectivity index (χ0) is 14.8. The normalized spacial score (nSPS) is 12.5. The van der Waals surface area contributed by atoms with E-state index in [1.54, 1.807) is 23.7 Å². The molecule has 0 saturated carbocycles. The Bertz CT molecular complexity index is 780. The molecule has 3 rings (SSSR count). The zero-order valence-electron chi connectivity index (χ0n) is 11.7. The van der Waals surface area contributed by atoms with Gasteiger partial charge in [-0.05, 0) is 41.6 Å². The molecular formula is C17H16N2OS. The zero-order valence-corrected chi connectivity index (χ0v) is 12.6. The molecule has 4 heteroatoms. The van der Waals surface area contributed by atoms with E-state index in [0.29, 0.717) is 6.42 Å². The van der Waals surface area contributed by atoms with Crippen LogP contribution in [-0.4, -0.2) is 10.8 Å². The number of ketones is 1. The predicted octanol–water partition coefficient (Wildman–Crippen LogP) is 3.88. The van der Waals surface area contributed by atoms with Crippen LogP contribution in [0.2, 0.25) is 0 Å². The number of nitrogens with two attached hydrogens (primary N) is 1. The minimum atomic E-state index is -0.287. The summed E-state index contributed by atoms with van der Waals surface area (Å²) in [6, 6.07) is 11.5. The molecule has 0 radical (unpaired) electrons. The molecule has 0 aliphatic rings. The van der Waals surface area contributed by atoms with E-state index in [4.69, 9.17) is 5.73 Å². The average Bonchev–Trinajstić information content (AvgIpc) is 2.86. The van der Waals surface area contributed by atoms with E-state index in [2.05, 4.69) is 11.1 Å². The summed E-state index contributed by atoms with van der Waals surface area (Å²) >= 11 is 1.55. The number of nitrogens with zero attached hydrogens (tertiary/aromatic N) is 1. The van der Waals surface area contributed by atoms with Crippen LogP contribution in [0.5, 0.6) is 0 Å². The van der Waals surface area contributed by atoms with Gasteiger partial charge in [0.05, 0.1) is 4.88 Å². The van der Waals surface area contributed by atoms with Gasteiger partial charge in [-0.3, -0.25) is 9.78 Å². The Kier molecular flexibility index (Phi) is 3.82. The molecule has 1 atom stereocenters. The molecule has 106 valence electrons. The Labute approximate surface area is 127 Å². The van der Waals surface area contributed by atoms with Crippen molar-refractivity contribution in [2.75, 3.05) is 0 Å². The molecule has 1 aromatic carbocycles. The highest BCUT2D eigenvalue weighted by Gasteiger charge is 2.18. The number of Topliss-reactive ketones (excluding diaryl/α,β-unsaturated/α-hetero) is 1. The predicted molar refractivity (Wildman–Crippen MR) is 86.7 cm³/mol. The van der Waals surface area contributed by atoms with Crippen molar-refractivity contribution in [2.24, 2.45) is 5.73 Å². The van der Waals surface area contributed by atoms with E-state index in [9.17, 15) is 4.79 Å². The Morgan fingerprint density at radius 3 is 2.67 bits per heavy atom. The minimum absolute atomic E-state index is 0.109. The molecular weight excluding hydrogens is 280 g/mol. The number of carbonyl (C=O) groups excluding carboxylic acids is 1. The Morgan fingerprint density at radius 2 is 1.95 bits per heavy atom. The Morgan fingerprint density at radius 1 is 1.24 bits per heavy atom. The largest absolute Gasteiger partial charge is 0.324 e. The smallest absolute Gasteiger partial charge is 0.174 e. The maximum absolute atomic E-state index is 12.5. The summed E-state index contributed by atoms with van der Waals surface area (Å²) in [5.74, 6) is 0.109. The molecule has 0 fully saturated rings. The fourth-order valence-corrected chi connectivity index (χ4v) is 3.62. The van der Waals surface area contributed by atoms with Crippen molar-refractivity contribution in [1.29, 1.82) is 0 Å². The number of hydrogen-bond acceptors (Lipinski definition) is 4.